The van der Waals surface area contributed by atoms with Crippen LogP contribution in [0.2, 0.25) is 0 Å². The maximum absolute atomic E-state index is 12.5. The molecule has 1 saturated heterocycles. The van der Waals surface area contributed by atoms with Gasteiger partial charge in [-0.2, -0.15) is 0 Å². The van der Waals surface area contributed by atoms with Crippen molar-refractivity contribution in [1.29, 1.82) is 0 Å². The Labute approximate surface area is 142 Å². The highest BCUT2D eigenvalue weighted by atomic mass is 16.5. The number of carbonyl (C=O) groups excluding carboxylic acids is 1. The van der Waals surface area contributed by atoms with Gasteiger partial charge in [-0.25, -0.2) is 4.79 Å². The lowest BCUT2D eigenvalue weighted by Gasteiger charge is -2.36. The van der Waals surface area contributed by atoms with Crippen molar-refractivity contribution in [3.8, 4) is 5.75 Å². The Balaban J connectivity index is 1.96. The van der Waals surface area contributed by atoms with E-state index in [9.17, 15) is 14.7 Å². The standard InChI is InChI=1S/C18H25NO5/c1-3-13(14-4-6-15(24-2)7-5-14)12-16(20)19-10-8-18(23,9-11-19)17(21)22/h4-7,13,23H,3,8-12H2,1-2H3,(H,21,22). The van der Waals surface area contributed by atoms with Gasteiger partial charge in [-0.1, -0.05) is 19.1 Å². The number of likely N-dealkylation sites (tertiary alicyclic amines) is 1. The molecule has 1 fully saturated rings. The summed E-state index contributed by atoms with van der Waals surface area (Å²) in [5.74, 6) is -0.308. The molecule has 0 aromatic heterocycles. The number of carbonyl (C=O) groups is 2. The zero-order valence-electron chi connectivity index (χ0n) is 14.2. The lowest BCUT2D eigenvalue weighted by Crippen LogP contribution is -2.51. The van der Waals surface area contributed by atoms with Crippen LogP contribution in [0.4, 0.5) is 0 Å². The van der Waals surface area contributed by atoms with Gasteiger partial charge in [0.05, 0.1) is 7.11 Å². The SMILES string of the molecule is CCC(CC(=O)N1CCC(O)(C(=O)O)CC1)c1ccc(OC)cc1. The van der Waals surface area contributed by atoms with Crippen LogP contribution in [0.1, 0.15) is 44.1 Å². The van der Waals surface area contributed by atoms with Gasteiger partial charge in [0, 0.05) is 32.4 Å². The molecular formula is C18H25NO5. The first-order valence-corrected chi connectivity index (χ1v) is 8.27. The molecule has 1 aliphatic heterocycles. The number of nitrogens with zero attached hydrogens (tertiary/aromatic N) is 1. The second-order valence-corrected chi connectivity index (χ2v) is 6.30. The zero-order chi connectivity index (χ0) is 17.7. The third-order valence-electron chi connectivity index (χ3n) is 4.84. The van der Waals surface area contributed by atoms with Crippen molar-refractivity contribution in [2.45, 2.75) is 44.1 Å². The highest BCUT2D eigenvalue weighted by Gasteiger charge is 2.40. The van der Waals surface area contributed by atoms with Gasteiger partial charge in [-0.3, -0.25) is 4.79 Å². The molecule has 1 aromatic carbocycles. The van der Waals surface area contributed by atoms with Gasteiger partial charge in [-0.05, 0) is 30.0 Å². The number of methoxy groups -OCH3 is 1. The molecule has 0 saturated carbocycles. The van der Waals surface area contributed by atoms with Crippen molar-refractivity contribution in [2.75, 3.05) is 20.2 Å². The topological polar surface area (TPSA) is 87.1 Å². The highest BCUT2D eigenvalue weighted by Crippen LogP contribution is 2.28. The summed E-state index contributed by atoms with van der Waals surface area (Å²) in [7, 11) is 1.62. The predicted molar refractivity (Wildman–Crippen MR) is 89.0 cm³/mol. The van der Waals surface area contributed by atoms with E-state index in [1.54, 1.807) is 12.0 Å². The first-order valence-electron chi connectivity index (χ1n) is 8.27. The third kappa shape index (κ3) is 4.06. The smallest absolute Gasteiger partial charge is 0.335 e. The van der Waals surface area contributed by atoms with Crippen LogP contribution in [0.15, 0.2) is 24.3 Å². The molecule has 6 nitrogen and oxygen atoms in total. The summed E-state index contributed by atoms with van der Waals surface area (Å²) in [4.78, 5) is 25.2. The number of aliphatic carboxylic acids is 1. The fourth-order valence-electron chi connectivity index (χ4n) is 3.05. The molecular weight excluding hydrogens is 310 g/mol. The average molecular weight is 335 g/mol. The first-order chi connectivity index (χ1) is 11.4. The Morgan fingerprint density at radius 2 is 1.83 bits per heavy atom. The lowest BCUT2D eigenvalue weighted by molar-refractivity contribution is -0.165. The van der Waals surface area contributed by atoms with Crippen molar-refractivity contribution >= 4 is 11.9 Å². The second kappa shape index (κ2) is 7.66. The summed E-state index contributed by atoms with van der Waals surface area (Å²) >= 11 is 0. The van der Waals surface area contributed by atoms with Crippen LogP contribution in [-0.4, -0.2) is 52.8 Å². The molecule has 6 heteroatoms. The maximum Gasteiger partial charge on any atom is 0.335 e. The molecule has 2 N–H and O–H groups in total. The number of hydrogen-bond acceptors (Lipinski definition) is 4. The summed E-state index contributed by atoms with van der Waals surface area (Å²) in [6, 6.07) is 7.71. The molecule has 1 heterocycles. The summed E-state index contributed by atoms with van der Waals surface area (Å²) in [5.41, 5.74) is -0.609. The fourth-order valence-corrected chi connectivity index (χ4v) is 3.05. The molecule has 24 heavy (non-hydrogen) atoms. The van der Waals surface area contributed by atoms with E-state index < -0.39 is 11.6 Å². The number of carboxylic acid groups (broad SMARTS) is 1. The van der Waals surface area contributed by atoms with Gasteiger partial charge in [0.1, 0.15) is 5.75 Å². The van der Waals surface area contributed by atoms with E-state index in [2.05, 4.69) is 0 Å². The van der Waals surface area contributed by atoms with Crippen molar-refractivity contribution in [1.82, 2.24) is 4.90 Å². The van der Waals surface area contributed by atoms with Gasteiger partial charge in [0.25, 0.3) is 0 Å². The van der Waals surface area contributed by atoms with Crippen LogP contribution < -0.4 is 4.74 Å². The van der Waals surface area contributed by atoms with E-state index >= 15 is 0 Å². The van der Waals surface area contributed by atoms with Crippen LogP contribution >= 0.6 is 0 Å². The van der Waals surface area contributed by atoms with E-state index in [0.717, 1.165) is 17.7 Å². The molecule has 0 radical (unpaired) electrons. The number of amides is 1. The summed E-state index contributed by atoms with van der Waals surface area (Å²) in [6.45, 7) is 2.60. The van der Waals surface area contributed by atoms with Gasteiger partial charge >= 0.3 is 5.97 Å². The minimum absolute atomic E-state index is 0.00473. The molecule has 0 aliphatic carbocycles. The first kappa shape index (κ1) is 18.3. The minimum Gasteiger partial charge on any atom is -0.497 e. The zero-order valence-corrected chi connectivity index (χ0v) is 14.2. The Morgan fingerprint density at radius 1 is 1.25 bits per heavy atom. The van der Waals surface area contributed by atoms with Crippen LogP contribution in [0, 0.1) is 0 Å². The normalized spacial score (nSPS) is 18.0. The van der Waals surface area contributed by atoms with E-state index in [1.807, 2.05) is 31.2 Å². The molecule has 1 aromatic rings. The maximum atomic E-state index is 12.5. The average Bonchev–Trinajstić information content (AvgIpc) is 2.60. The number of hydrogen-bond donors (Lipinski definition) is 2. The predicted octanol–water partition coefficient (Wildman–Crippen LogP) is 2.02. The van der Waals surface area contributed by atoms with Crippen molar-refractivity contribution in [3.63, 3.8) is 0 Å². The quantitative estimate of drug-likeness (QED) is 0.830. The van der Waals surface area contributed by atoms with Gasteiger partial charge in [0.2, 0.25) is 5.91 Å². The molecule has 0 bridgehead atoms. The summed E-state index contributed by atoms with van der Waals surface area (Å²) in [5, 5.41) is 19.0. The molecule has 1 amide bonds. The fraction of sp³-hybridized carbons (Fsp3) is 0.556. The molecule has 132 valence electrons. The van der Waals surface area contributed by atoms with Gasteiger partial charge in [-0.15, -0.1) is 0 Å². The Bertz CT molecular complexity index is 576. The monoisotopic (exact) mass is 335 g/mol. The molecule has 1 atom stereocenters. The second-order valence-electron chi connectivity index (χ2n) is 6.30. The van der Waals surface area contributed by atoms with Crippen molar-refractivity contribution in [2.24, 2.45) is 0 Å². The minimum atomic E-state index is -1.70. The summed E-state index contributed by atoms with van der Waals surface area (Å²) in [6.07, 6.45) is 1.38. The van der Waals surface area contributed by atoms with Crippen molar-refractivity contribution in [3.05, 3.63) is 29.8 Å². The highest BCUT2D eigenvalue weighted by molar-refractivity contribution is 5.80. The number of piperidine rings is 1. The number of benzene rings is 1. The molecule has 1 unspecified atom stereocenters. The largest absolute Gasteiger partial charge is 0.497 e. The lowest BCUT2D eigenvalue weighted by atomic mass is 9.89. The third-order valence-corrected chi connectivity index (χ3v) is 4.84. The van der Waals surface area contributed by atoms with Crippen LogP contribution in [-0.2, 0) is 9.59 Å². The van der Waals surface area contributed by atoms with E-state index in [4.69, 9.17) is 9.84 Å². The van der Waals surface area contributed by atoms with E-state index in [-0.39, 0.29) is 37.8 Å². The van der Waals surface area contributed by atoms with Crippen LogP contribution in [0.3, 0.4) is 0 Å². The van der Waals surface area contributed by atoms with Gasteiger partial charge in [0.15, 0.2) is 5.60 Å². The summed E-state index contributed by atoms with van der Waals surface area (Å²) < 4.78 is 5.15. The Kier molecular flexibility index (Phi) is 5.83. The number of carboxylic acids is 1. The molecule has 1 aliphatic rings. The molecule has 0 spiro atoms. The van der Waals surface area contributed by atoms with Crippen LogP contribution in [0.25, 0.3) is 0 Å². The van der Waals surface area contributed by atoms with Crippen molar-refractivity contribution < 1.29 is 24.5 Å². The number of ether oxygens (including phenoxy) is 1. The van der Waals surface area contributed by atoms with E-state index in [0.29, 0.717) is 6.42 Å². The van der Waals surface area contributed by atoms with Crippen LogP contribution in [0.5, 0.6) is 5.75 Å². The van der Waals surface area contributed by atoms with E-state index in [1.165, 1.54) is 0 Å². The molecule has 2 rings (SSSR count). The number of aliphatic hydroxyl groups is 1. The Hall–Kier alpha value is -2.08. The van der Waals surface area contributed by atoms with Gasteiger partial charge < -0.3 is 19.8 Å². The number of rotatable bonds is 6. The Morgan fingerprint density at radius 3 is 2.29 bits per heavy atom.